The lowest BCUT2D eigenvalue weighted by Gasteiger charge is -2.25. The maximum absolute atomic E-state index is 2.43. The Labute approximate surface area is 114 Å². The number of hydrogen-bond acceptors (Lipinski definition) is 0. The molecular formula is C18H30. The molecule has 0 radical (unpaired) electrons. The van der Waals surface area contributed by atoms with E-state index in [-0.39, 0.29) is 0 Å². The van der Waals surface area contributed by atoms with Crippen LogP contribution in [0.4, 0.5) is 0 Å². The summed E-state index contributed by atoms with van der Waals surface area (Å²) < 4.78 is 0. The predicted molar refractivity (Wildman–Crippen MR) is 81.8 cm³/mol. The van der Waals surface area contributed by atoms with Crippen LogP contribution in [-0.2, 0) is 6.42 Å². The van der Waals surface area contributed by atoms with Gasteiger partial charge in [-0.1, -0.05) is 70.9 Å². The monoisotopic (exact) mass is 246 g/mol. The number of aryl methyl sites for hydroxylation is 1. The molecule has 0 nitrogen and oxygen atoms in total. The van der Waals surface area contributed by atoms with Crippen LogP contribution < -0.4 is 0 Å². The van der Waals surface area contributed by atoms with E-state index >= 15 is 0 Å². The molecule has 1 rings (SSSR count). The number of hydrogen-bond donors (Lipinski definition) is 0. The fourth-order valence-electron chi connectivity index (χ4n) is 2.65. The lowest BCUT2D eigenvalue weighted by Crippen LogP contribution is -2.15. The second kappa shape index (κ2) is 8.34. The first-order chi connectivity index (χ1) is 8.67. The van der Waals surface area contributed by atoms with Crippen molar-refractivity contribution in [1.29, 1.82) is 0 Å². The molecule has 0 saturated heterocycles. The molecule has 18 heavy (non-hydrogen) atoms. The quantitative estimate of drug-likeness (QED) is 0.550. The highest BCUT2D eigenvalue weighted by atomic mass is 14.2. The van der Waals surface area contributed by atoms with Crippen molar-refractivity contribution in [2.24, 2.45) is 17.8 Å². The first-order valence-electron chi connectivity index (χ1n) is 7.71. The Bertz CT molecular complexity index is 301. The van der Waals surface area contributed by atoms with Gasteiger partial charge in [0.2, 0.25) is 0 Å². The van der Waals surface area contributed by atoms with Crippen molar-refractivity contribution in [3.63, 3.8) is 0 Å². The summed E-state index contributed by atoms with van der Waals surface area (Å²) in [5.41, 5.74) is 1.50. The molecule has 0 heterocycles. The molecule has 3 unspecified atom stereocenters. The summed E-state index contributed by atoms with van der Waals surface area (Å²) in [6.07, 6.45) is 6.63. The van der Waals surface area contributed by atoms with Gasteiger partial charge in [-0.3, -0.25) is 0 Å². The summed E-state index contributed by atoms with van der Waals surface area (Å²) in [6.45, 7) is 9.47. The molecular weight excluding hydrogens is 216 g/mol. The van der Waals surface area contributed by atoms with Crippen molar-refractivity contribution in [3.8, 4) is 0 Å². The first kappa shape index (κ1) is 15.3. The Morgan fingerprint density at radius 1 is 0.944 bits per heavy atom. The highest BCUT2D eigenvalue weighted by molar-refractivity contribution is 5.14. The second-order valence-electron chi connectivity index (χ2n) is 5.92. The third kappa shape index (κ3) is 5.25. The fourth-order valence-corrected chi connectivity index (χ4v) is 2.65. The minimum atomic E-state index is 0.864. The Hall–Kier alpha value is -0.780. The van der Waals surface area contributed by atoms with E-state index in [4.69, 9.17) is 0 Å². The van der Waals surface area contributed by atoms with E-state index in [1.165, 1.54) is 37.7 Å². The van der Waals surface area contributed by atoms with E-state index in [0.717, 1.165) is 17.8 Å². The Kier molecular flexibility index (Phi) is 7.08. The lowest BCUT2D eigenvalue weighted by atomic mass is 9.80. The number of benzene rings is 1. The summed E-state index contributed by atoms with van der Waals surface area (Å²) in [6, 6.07) is 10.9. The zero-order valence-electron chi connectivity index (χ0n) is 12.7. The van der Waals surface area contributed by atoms with E-state index in [1.54, 1.807) is 0 Å². The molecule has 0 bridgehead atoms. The minimum Gasteiger partial charge on any atom is -0.0651 e. The topological polar surface area (TPSA) is 0 Å². The van der Waals surface area contributed by atoms with Gasteiger partial charge in [0.25, 0.3) is 0 Å². The third-order valence-corrected chi connectivity index (χ3v) is 4.50. The van der Waals surface area contributed by atoms with Gasteiger partial charge in [-0.05, 0) is 42.6 Å². The van der Waals surface area contributed by atoms with E-state index in [0.29, 0.717) is 0 Å². The SMILES string of the molecule is CCC(C)CC(CCc1ccccc1)C(C)CC. The van der Waals surface area contributed by atoms with Gasteiger partial charge >= 0.3 is 0 Å². The van der Waals surface area contributed by atoms with Gasteiger partial charge in [0, 0.05) is 0 Å². The Morgan fingerprint density at radius 2 is 1.61 bits per heavy atom. The zero-order valence-corrected chi connectivity index (χ0v) is 12.7. The van der Waals surface area contributed by atoms with Gasteiger partial charge in [0.15, 0.2) is 0 Å². The lowest BCUT2D eigenvalue weighted by molar-refractivity contribution is 0.265. The van der Waals surface area contributed by atoms with Crippen molar-refractivity contribution >= 4 is 0 Å². The van der Waals surface area contributed by atoms with Gasteiger partial charge in [-0.2, -0.15) is 0 Å². The standard InChI is InChI=1S/C18H30/c1-5-15(3)14-18(16(4)6-2)13-12-17-10-8-7-9-11-17/h7-11,15-16,18H,5-6,12-14H2,1-4H3. The van der Waals surface area contributed by atoms with Crippen molar-refractivity contribution in [2.45, 2.75) is 59.8 Å². The predicted octanol–water partition coefficient (Wildman–Crippen LogP) is 5.72. The highest BCUT2D eigenvalue weighted by Crippen LogP contribution is 2.28. The van der Waals surface area contributed by atoms with Crippen LogP contribution in [0.1, 0.15) is 58.9 Å². The second-order valence-corrected chi connectivity index (χ2v) is 5.92. The van der Waals surface area contributed by atoms with Gasteiger partial charge in [0.05, 0.1) is 0 Å². The molecule has 0 saturated carbocycles. The molecule has 0 aliphatic heterocycles. The molecule has 1 aromatic rings. The molecule has 102 valence electrons. The summed E-state index contributed by atoms with van der Waals surface area (Å²) in [7, 11) is 0. The normalized spacial score (nSPS) is 16.2. The van der Waals surface area contributed by atoms with Gasteiger partial charge in [0.1, 0.15) is 0 Å². The third-order valence-electron chi connectivity index (χ3n) is 4.50. The minimum absolute atomic E-state index is 0.864. The zero-order chi connectivity index (χ0) is 13.4. The summed E-state index contributed by atoms with van der Waals surface area (Å²) in [5, 5.41) is 0. The van der Waals surface area contributed by atoms with Gasteiger partial charge in [-0.25, -0.2) is 0 Å². The van der Waals surface area contributed by atoms with Crippen LogP contribution >= 0.6 is 0 Å². The molecule has 0 amide bonds. The summed E-state index contributed by atoms with van der Waals surface area (Å²) >= 11 is 0. The van der Waals surface area contributed by atoms with E-state index in [9.17, 15) is 0 Å². The summed E-state index contributed by atoms with van der Waals surface area (Å²) in [4.78, 5) is 0. The van der Waals surface area contributed by atoms with Crippen LogP contribution in [0, 0.1) is 17.8 Å². The highest BCUT2D eigenvalue weighted by Gasteiger charge is 2.18. The molecule has 0 aliphatic carbocycles. The van der Waals surface area contributed by atoms with E-state index < -0.39 is 0 Å². The molecule has 0 spiro atoms. The first-order valence-corrected chi connectivity index (χ1v) is 7.71. The van der Waals surface area contributed by atoms with E-state index in [1.807, 2.05) is 0 Å². The average Bonchev–Trinajstić information content (AvgIpc) is 2.43. The molecule has 0 aliphatic rings. The van der Waals surface area contributed by atoms with Crippen molar-refractivity contribution in [2.75, 3.05) is 0 Å². The Morgan fingerprint density at radius 3 is 2.17 bits per heavy atom. The molecule has 0 N–H and O–H groups in total. The van der Waals surface area contributed by atoms with Crippen LogP contribution in [-0.4, -0.2) is 0 Å². The summed E-state index contributed by atoms with van der Waals surface area (Å²) in [5.74, 6) is 2.63. The van der Waals surface area contributed by atoms with Crippen LogP contribution in [0.25, 0.3) is 0 Å². The van der Waals surface area contributed by atoms with Crippen LogP contribution in [0.15, 0.2) is 30.3 Å². The van der Waals surface area contributed by atoms with Crippen LogP contribution in [0.5, 0.6) is 0 Å². The molecule has 0 heteroatoms. The largest absolute Gasteiger partial charge is 0.0651 e. The van der Waals surface area contributed by atoms with Crippen molar-refractivity contribution < 1.29 is 0 Å². The van der Waals surface area contributed by atoms with E-state index in [2.05, 4.69) is 58.0 Å². The van der Waals surface area contributed by atoms with Crippen molar-refractivity contribution in [1.82, 2.24) is 0 Å². The van der Waals surface area contributed by atoms with Gasteiger partial charge < -0.3 is 0 Å². The molecule has 0 fully saturated rings. The maximum Gasteiger partial charge on any atom is -0.0276 e. The fraction of sp³-hybridized carbons (Fsp3) is 0.667. The molecule has 0 aromatic heterocycles. The number of rotatable bonds is 8. The maximum atomic E-state index is 2.43. The Balaban J connectivity index is 2.50. The average molecular weight is 246 g/mol. The van der Waals surface area contributed by atoms with Crippen LogP contribution in [0.2, 0.25) is 0 Å². The van der Waals surface area contributed by atoms with Crippen molar-refractivity contribution in [3.05, 3.63) is 35.9 Å². The van der Waals surface area contributed by atoms with Crippen LogP contribution in [0.3, 0.4) is 0 Å². The smallest absolute Gasteiger partial charge is 0.0276 e. The van der Waals surface area contributed by atoms with Gasteiger partial charge in [-0.15, -0.1) is 0 Å². The molecule has 3 atom stereocenters. The molecule has 1 aromatic carbocycles.